The summed E-state index contributed by atoms with van der Waals surface area (Å²) in [5.74, 6) is -0.933. The van der Waals surface area contributed by atoms with E-state index >= 15 is 0 Å². The van der Waals surface area contributed by atoms with Crippen molar-refractivity contribution in [1.82, 2.24) is 10.0 Å². The van der Waals surface area contributed by atoms with Crippen LogP contribution in [0.3, 0.4) is 0 Å². The minimum absolute atomic E-state index is 0.0697. The van der Waals surface area contributed by atoms with Gasteiger partial charge in [-0.1, -0.05) is 41.9 Å². The highest BCUT2D eigenvalue weighted by Crippen LogP contribution is 2.15. The van der Waals surface area contributed by atoms with Crippen molar-refractivity contribution in [1.29, 1.82) is 0 Å². The predicted octanol–water partition coefficient (Wildman–Crippen LogP) is 2.43. The molecule has 0 saturated carbocycles. The van der Waals surface area contributed by atoms with Crippen LogP contribution >= 0.6 is 11.6 Å². The maximum atomic E-state index is 12.1. The highest BCUT2D eigenvalue weighted by molar-refractivity contribution is 7.89. The van der Waals surface area contributed by atoms with Crippen LogP contribution in [-0.4, -0.2) is 33.4 Å². The standard InChI is InChI=1S/C20H23ClN2O5S/c1-14(20(25)23-13-16-5-3-4-6-18(16)21)28-19(24)12-9-15-7-10-17(11-8-15)29(26,27)22-2/h3-8,10-11,14,22H,9,12-13H2,1-2H3,(H,23,25). The molecule has 0 spiro atoms. The fraction of sp³-hybridized carbons (Fsp3) is 0.300. The number of rotatable bonds is 9. The van der Waals surface area contributed by atoms with Gasteiger partial charge in [-0.05, 0) is 49.7 Å². The van der Waals surface area contributed by atoms with E-state index in [1.165, 1.54) is 26.1 Å². The first-order valence-corrected chi connectivity index (χ1v) is 10.8. The van der Waals surface area contributed by atoms with Gasteiger partial charge in [0.15, 0.2) is 6.10 Å². The Morgan fingerprint density at radius 3 is 2.38 bits per heavy atom. The number of halogens is 1. The molecule has 156 valence electrons. The zero-order valence-corrected chi connectivity index (χ0v) is 17.7. The highest BCUT2D eigenvalue weighted by Gasteiger charge is 2.18. The van der Waals surface area contributed by atoms with Gasteiger partial charge in [-0.2, -0.15) is 0 Å². The Bertz CT molecular complexity index is 961. The number of esters is 1. The van der Waals surface area contributed by atoms with Crippen molar-refractivity contribution in [2.45, 2.75) is 37.3 Å². The van der Waals surface area contributed by atoms with E-state index in [0.29, 0.717) is 11.4 Å². The van der Waals surface area contributed by atoms with Crippen LogP contribution in [0.2, 0.25) is 5.02 Å². The van der Waals surface area contributed by atoms with Crippen LogP contribution in [0.1, 0.15) is 24.5 Å². The van der Waals surface area contributed by atoms with E-state index in [0.717, 1.165) is 11.1 Å². The molecule has 0 fully saturated rings. The molecule has 2 aromatic carbocycles. The van der Waals surface area contributed by atoms with Crippen LogP contribution in [0.5, 0.6) is 0 Å². The largest absolute Gasteiger partial charge is 0.453 e. The summed E-state index contributed by atoms with van der Waals surface area (Å²) in [7, 11) is -2.16. The van der Waals surface area contributed by atoms with Gasteiger partial charge in [0, 0.05) is 18.0 Å². The molecule has 0 heterocycles. The quantitative estimate of drug-likeness (QED) is 0.585. The Balaban J connectivity index is 1.79. The zero-order chi connectivity index (χ0) is 21.4. The van der Waals surface area contributed by atoms with Crippen molar-refractivity contribution in [2.24, 2.45) is 0 Å². The summed E-state index contributed by atoms with van der Waals surface area (Å²) in [5.41, 5.74) is 1.55. The third-order valence-corrected chi connectivity index (χ3v) is 6.01. The molecule has 1 atom stereocenters. The fourth-order valence-electron chi connectivity index (χ4n) is 2.48. The lowest BCUT2D eigenvalue weighted by Crippen LogP contribution is -2.35. The predicted molar refractivity (Wildman–Crippen MR) is 110 cm³/mol. The fourth-order valence-corrected chi connectivity index (χ4v) is 3.41. The maximum Gasteiger partial charge on any atom is 0.306 e. The zero-order valence-electron chi connectivity index (χ0n) is 16.1. The molecule has 9 heteroatoms. The molecule has 0 radical (unpaired) electrons. The van der Waals surface area contributed by atoms with E-state index in [2.05, 4.69) is 10.0 Å². The van der Waals surface area contributed by atoms with Crippen molar-refractivity contribution in [3.8, 4) is 0 Å². The average Bonchev–Trinajstić information content (AvgIpc) is 2.71. The molecule has 0 aliphatic carbocycles. The van der Waals surface area contributed by atoms with Gasteiger partial charge in [-0.15, -0.1) is 0 Å². The van der Waals surface area contributed by atoms with Crippen LogP contribution in [0, 0.1) is 0 Å². The Hall–Kier alpha value is -2.42. The van der Waals surface area contributed by atoms with Gasteiger partial charge in [0.2, 0.25) is 10.0 Å². The summed E-state index contributed by atoms with van der Waals surface area (Å²) < 4.78 is 30.8. The van der Waals surface area contributed by atoms with Gasteiger partial charge in [0.1, 0.15) is 0 Å². The molecule has 29 heavy (non-hydrogen) atoms. The molecular formula is C20H23ClN2O5S. The van der Waals surface area contributed by atoms with Crippen molar-refractivity contribution >= 4 is 33.5 Å². The Morgan fingerprint density at radius 2 is 1.76 bits per heavy atom. The summed E-state index contributed by atoms with van der Waals surface area (Å²) in [6, 6.07) is 13.4. The minimum Gasteiger partial charge on any atom is -0.453 e. The van der Waals surface area contributed by atoms with Gasteiger partial charge in [-0.25, -0.2) is 13.1 Å². The third-order valence-electron chi connectivity index (χ3n) is 4.21. The van der Waals surface area contributed by atoms with Crippen LogP contribution in [0.25, 0.3) is 0 Å². The molecule has 0 aliphatic heterocycles. The van der Waals surface area contributed by atoms with E-state index in [1.54, 1.807) is 30.3 Å². The number of hydrogen-bond acceptors (Lipinski definition) is 5. The number of aryl methyl sites for hydroxylation is 1. The molecule has 2 aromatic rings. The summed E-state index contributed by atoms with van der Waals surface area (Å²) in [5, 5.41) is 3.23. The number of ether oxygens (including phenoxy) is 1. The lowest BCUT2D eigenvalue weighted by atomic mass is 10.1. The Morgan fingerprint density at radius 1 is 1.10 bits per heavy atom. The van der Waals surface area contributed by atoms with Crippen LogP contribution in [0.4, 0.5) is 0 Å². The lowest BCUT2D eigenvalue weighted by Gasteiger charge is -2.14. The second kappa shape index (κ2) is 10.4. The number of hydrogen-bond donors (Lipinski definition) is 2. The first-order chi connectivity index (χ1) is 13.7. The highest BCUT2D eigenvalue weighted by atomic mass is 35.5. The summed E-state index contributed by atoms with van der Waals surface area (Å²) >= 11 is 6.04. The van der Waals surface area contributed by atoms with E-state index < -0.39 is 28.0 Å². The molecule has 2 N–H and O–H groups in total. The van der Waals surface area contributed by atoms with E-state index in [1.807, 2.05) is 6.07 Å². The first-order valence-electron chi connectivity index (χ1n) is 8.96. The van der Waals surface area contributed by atoms with Gasteiger partial charge in [-0.3, -0.25) is 9.59 Å². The SMILES string of the molecule is CNS(=O)(=O)c1ccc(CCC(=O)OC(C)C(=O)NCc2ccccc2Cl)cc1. The summed E-state index contributed by atoms with van der Waals surface area (Å²) in [6.07, 6.45) is -0.499. The Kier molecular flexibility index (Phi) is 8.19. The molecule has 2 rings (SSSR count). The lowest BCUT2D eigenvalue weighted by molar-refractivity contribution is -0.154. The molecule has 0 aromatic heterocycles. The van der Waals surface area contributed by atoms with E-state index in [9.17, 15) is 18.0 Å². The minimum atomic E-state index is -3.49. The summed E-state index contributed by atoms with van der Waals surface area (Å²) in [4.78, 5) is 24.3. The number of benzene rings is 2. The number of nitrogens with one attached hydrogen (secondary N) is 2. The number of carbonyl (C=O) groups excluding carboxylic acids is 2. The Labute approximate surface area is 175 Å². The first kappa shape index (κ1) is 22.9. The second-order valence-electron chi connectivity index (χ2n) is 6.29. The van der Waals surface area contributed by atoms with Gasteiger partial charge >= 0.3 is 5.97 Å². The number of amides is 1. The van der Waals surface area contributed by atoms with Crippen molar-refractivity contribution < 1.29 is 22.7 Å². The van der Waals surface area contributed by atoms with Crippen molar-refractivity contribution in [2.75, 3.05) is 7.05 Å². The van der Waals surface area contributed by atoms with Gasteiger partial charge in [0.05, 0.1) is 4.90 Å². The van der Waals surface area contributed by atoms with Crippen LogP contribution < -0.4 is 10.0 Å². The summed E-state index contributed by atoms with van der Waals surface area (Å²) in [6.45, 7) is 1.74. The van der Waals surface area contributed by atoms with E-state index in [-0.39, 0.29) is 17.9 Å². The van der Waals surface area contributed by atoms with Crippen LogP contribution in [-0.2, 0) is 37.3 Å². The molecular weight excluding hydrogens is 416 g/mol. The maximum absolute atomic E-state index is 12.1. The van der Waals surface area contributed by atoms with Crippen LogP contribution in [0.15, 0.2) is 53.4 Å². The van der Waals surface area contributed by atoms with Crippen molar-refractivity contribution in [3.63, 3.8) is 0 Å². The topological polar surface area (TPSA) is 102 Å². The molecule has 1 unspecified atom stereocenters. The monoisotopic (exact) mass is 438 g/mol. The van der Waals surface area contributed by atoms with Gasteiger partial charge in [0.25, 0.3) is 5.91 Å². The third kappa shape index (κ3) is 6.85. The van der Waals surface area contributed by atoms with E-state index in [4.69, 9.17) is 16.3 Å². The average molecular weight is 439 g/mol. The van der Waals surface area contributed by atoms with Crippen molar-refractivity contribution in [3.05, 3.63) is 64.7 Å². The van der Waals surface area contributed by atoms with Gasteiger partial charge < -0.3 is 10.1 Å². The smallest absolute Gasteiger partial charge is 0.306 e. The molecule has 7 nitrogen and oxygen atoms in total. The second-order valence-corrected chi connectivity index (χ2v) is 8.59. The molecule has 0 saturated heterocycles. The molecule has 0 bridgehead atoms. The molecule has 1 amide bonds. The number of carbonyl (C=O) groups is 2. The normalized spacial score (nSPS) is 12.2. The molecule has 0 aliphatic rings. The number of sulfonamides is 1.